The van der Waals surface area contributed by atoms with E-state index >= 15 is 0 Å². The Hall–Kier alpha value is -3.00. The number of esters is 2. The number of hydrogen-bond donors (Lipinski definition) is 1. The molecule has 1 atom stereocenters. The molecule has 1 saturated heterocycles. The molecule has 1 N–H and O–H groups in total. The van der Waals surface area contributed by atoms with Gasteiger partial charge in [0.05, 0.1) is 44.5 Å². The summed E-state index contributed by atoms with van der Waals surface area (Å²) in [5.74, 6) is -1.66. The second kappa shape index (κ2) is 9.00. The Morgan fingerprint density at radius 3 is 2.31 bits per heavy atom. The third-order valence-electron chi connectivity index (χ3n) is 5.05. The highest BCUT2D eigenvalue weighted by Crippen LogP contribution is 2.40. The van der Waals surface area contributed by atoms with E-state index in [9.17, 15) is 14.7 Å². The van der Waals surface area contributed by atoms with Crippen molar-refractivity contribution in [1.82, 2.24) is 4.90 Å². The molecule has 8 heteroatoms. The summed E-state index contributed by atoms with van der Waals surface area (Å²) >= 11 is 0. The Balaban J connectivity index is 2.06. The number of phenols is 1. The number of carbonyl (C=O) groups excluding carboxylic acids is 2. The van der Waals surface area contributed by atoms with E-state index in [1.54, 1.807) is 29.4 Å². The van der Waals surface area contributed by atoms with E-state index in [4.69, 9.17) is 18.9 Å². The number of phenolic OH excluding ortho intramolecular Hbond substituents is 1. The van der Waals surface area contributed by atoms with Crippen molar-refractivity contribution >= 4 is 11.9 Å². The fourth-order valence-corrected chi connectivity index (χ4v) is 3.65. The molecule has 1 aromatic carbocycles. The SMILES string of the molecule is COC(=O)C1=CN(C[C@H]2CCCO2)C=C(C(=O)OC)C1c1ccc(O)c(OC)c1. The standard InChI is InChI=1S/C21H25NO7/c1-26-18-9-13(6-7-17(18)23)19-15(20(24)27-2)11-22(10-14-5-4-8-29-14)12-16(19)21(25)28-3/h6-7,9,11-12,14,19,23H,4-5,8,10H2,1-3H3/t14-/m1/s1. The number of rotatable bonds is 6. The molecule has 3 rings (SSSR count). The van der Waals surface area contributed by atoms with Gasteiger partial charge in [0.1, 0.15) is 0 Å². The van der Waals surface area contributed by atoms with E-state index in [0.717, 1.165) is 12.8 Å². The van der Waals surface area contributed by atoms with Gasteiger partial charge in [-0.15, -0.1) is 0 Å². The summed E-state index contributed by atoms with van der Waals surface area (Å²) in [6.45, 7) is 1.21. The van der Waals surface area contributed by atoms with Gasteiger partial charge in [0.15, 0.2) is 11.5 Å². The molecule has 156 valence electrons. The molecule has 0 bridgehead atoms. The number of nitrogens with zero attached hydrogens (tertiary/aromatic N) is 1. The quantitative estimate of drug-likeness (QED) is 0.722. The smallest absolute Gasteiger partial charge is 0.336 e. The van der Waals surface area contributed by atoms with E-state index < -0.39 is 17.9 Å². The van der Waals surface area contributed by atoms with Crippen molar-refractivity contribution < 1.29 is 33.6 Å². The van der Waals surface area contributed by atoms with Crippen molar-refractivity contribution in [3.8, 4) is 11.5 Å². The summed E-state index contributed by atoms with van der Waals surface area (Å²) in [4.78, 5) is 27.0. The molecule has 0 amide bonds. The molecule has 0 radical (unpaired) electrons. The summed E-state index contributed by atoms with van der Waals surface area (Å²) in [7, 11) is 4.01. The molecule has 2 aliphatic rings. The number of methoxy groups -OCH3 is 3. The summed E-state index contributed by atoms with van der Waals surface area (Å²) in [6, 6.07) is 4.67. The highest BCUT2D eigenvalue weighted by atomic mass is 16.5. The fourth-order valence-electron chi connectivity index (χ4n) is 3.65. The van der Waals surface area contributed by atoms with Crippen molar-refractivity contribution in [1.29, 1.82) is 0 Å². The molecular weight excluding hydrogens is 378 g/mol. The monoisotopic (exact) mass is 403 g/mol. The molecule has 0 aliphatic carbocycles. The molecule has 0 saturated carbocycles. The number of aromatic hydroxyl groups is 1. The van der Waals surface area contributed by atoms with Crippen molar-refractivity contribution in [2.24, 2.45) is 0 Å². The van der Waals surface area contributed by atoms with Crippen LogP contribution in [0.15, 0.2) is 41.7 Å². The van der Waals surface area contributed by atoms with Crippen LogP contribution in [0.1, 0.15) is 24.3 Å². The lowest BCUT2D eigenvalue weighted by molar-refractivity contribution is -0.137. The summed E-state index contributed by atoms with van der Waals surface area (Å²) in [5.41, 5.74) is 1.15. The highest BCUT2D eigenvalue weighted by molar-refractivity contribution is 5.98. The van der Waals surface area contributed by atoms with Crippen LogP contribution in [-0.4, -0.2) is 62.5 Å². The lowest BCUT2D eigenvalue weighted by atomic mass is 9.83. The maximum Gasteiger partial charge on any atom is 0.336 e. The number of carbonyl (C=O) groups is 2. The second-order valence-corrected chi connectivity index (χ2v) is 6.85. The van der Waals surface area contributed by atoms with Gasteiger partial charge in [-0.2, -0.15) is 0 Å². The van der Waals surface area contributed by atoms with Crippen LogP contribution in [-0.2, 0) is 23.8 Å². The third kappa shape index (κ3) is 4.37. The van der Waals surface area contributed by atoms with E-state index in [2.05, 4.69) is 0 Å². The first-order valence-electron chi connectivity index (χ1n) is 9.32. The Bertz CT molecular complexity index is 805. The van der Waals surface area contributed by atoms with Crippen LogP contribution in [0.4, 0.5) is 0 Å². The number of hydrogen-bond acceptors (Lipinski definition) is 8. The topological polar surface area (TPSA) is 94.5 Å². The maximum absolute atomic E-state index is 12.6. The predicted molar refractivity (Wildman–Crippen MR) is 103 cm³/mol. The normalized spacial score (nSPS) is 19.4. The van der Waals surface area contributed by atoms with Crippen molar-refractivity contribution in [2.75, 3.05) is 34.5 Å². The maximum atomic E-state index is 12.6. The third-order valence-corrected chi connectivity index (χ3v) is 5.05. The Kier molecular flexibility index (Phi) is 6.43. The van der Waals surface area contributed by atoms with Crippen LogP contribution >= 0.6 is 0 Å². The zero-order chi connectivity index (χ0) is 21.0. The van der Waals surface area contributed by atoms with Crippen molar-refractivity contribution in [3.05, 3.63) is 47.3 Å². The van der Waals surface area contributed by atoms with Gasteiger partial charge in [-0.3, -0.25) is 0 Å². The van der Waals surface area contributed by atoms with Crippen LogP contribution in [0.3, 0.4) is 0 Å². The van der Waals surface area contributed by atoms with E-state index in [-0.39, 0.29) is 28.7 Å². The average molecular weight is 403 g/mol. The molecule has 29 heavy (non-hydrogen) atoms. The van der Waals surface area contributed by atoms with Crippen LogP contribution in [0, 0.1) is 0 Å². The lowest BCUT2D eigenvalue weighted by Crippen LogP contribution is -2.32. The largest absolute Gasteiger partial charge is 0.504 e. The Morgan fingerprint density at radius 2 is 1.79 bits per heavy atom. The average Bonchev–Trinajstić information content (AvgIpc) is 3.25. The zero-order valence-electron chi connectivity index (χ0n) is 16.7. The fraction of sp³-hybridized carbons (Fsp3) is 0.429. The molecule has 8 nitrogen and oxygen atoms in total. The van der Waals surface area contributed by atoms with Gasteiger partial charge in [-0.1, -0.05) is 6.07 Å². The van der Waals surface area contributed by atoms with E-state index in [1.807, 2.05) is 0 Å². The van der Waals surface area contributed by atoms with Crippen LogP contribution in [0.5, 0.6) is 11.5 Å². The van der Waals surface area contributed by atoms with Gasteiger partial charge in [0.2, 0.25) is 0 Å². The molecule has 2 heterocycles. The van der Waals surface area contributed by atoms with E-state index in [0.29, 0.717) is 18.7 Å². The minimum atomic E-state index is -0.731. The predicted octanol–water partition coefficient (Wildman–Crippen LogP) is 2.09. The molecule has 2 aliphatic heterocycles. The molecule has 0 spiro atoms. The molecule has 1 fully saturated rings. The second-order valence-electron chi connectivity index (χ2n) is 6.85. The van der Waals surface area contributed by atoms with Gasteiger partial charge in [0, 0.05) is 25.6 Å². The molecule has 0 unspecified atom stereocenters. The minimum absolute atomic E-state index is 0.0191. The first kappa shape index (κ1) is 20.7. The molecule has 0 aromatic heterocycles. The minimum Gasteiger partial charge on any atom is -0.504 e. The lowest BCUT2D eigenvalue weighted by Gasteiger charge is -2.31. The van der Waals surface area contributed by atoms with Crippen molar-refractivity contribution in [3.63, 3.8) is 0 Å². The Morgan fingerprint density at radius 1 is 1.14 bits per heavy atom. The van der Waals surface area contributed by atoms with Gasteiger partial charge in [0.25, 0.3) is 0 Å². The number of ether oxygens (including phenoxy) is 4. The first-order chi connectivity index (χ1) is 14.0. The Labute approximate surface area is 169 Å². The van der Waals surface area contributed by atoms with Crippen LogP contribution in [0.25, 0.3) is 0 Å². The molecule has 1 aromatic rings. The summed E-state index contributed by atoms with van der Waals surface area (Å²) in [5, 5.41) is 9.92. The summed E-state index contributed by atoms with van der Waals surface area (Å²) < 4.78 is 20.8. The first-order valence-corrected chi connectivity index (χ1v) is 9.32. The van der Waals surface area contributed by atoms with Gasteiger partial charge in [-0.05, 0) is 30.5 Å². The molecular formula is C21H25NO7. The van der Waals surface area contributed by atoms with Gasteiger partial charge in [-0.25, -0.2) is 9.59 Å². The van der Waals surface area contributed by atoms with E-state index in [1.165, 1.54) is 27.4 Å². The van der Waals surface area contributed by atoms with Crippen LogP contribution in [0.2, 0.25) is 0 Å². The van der Waals surface area contributed by atoms with Gasteiger partial charge >= 0.3 is 11.9 Å². The van der Waals surface area contributed by atoms with Crippen LogP contribution < -0.4 is 4.74 Å². The van der Waals surface area contributed by atoms with Crippen molar-refractivity contribution in [2.45, 2.75) is 24.9 Å². The highest BCUT2D eigenvalue weighted by Gasteiger charge is 2.36. The summed E-state index contributed by atoms with van der Waals surface area (Å²) in [6.07, 6.45) is 5.26. The van der Waals surface area contributed by atoms with Gasteiger partial charge < -0.3 is 29.0 Å². The zero-order valence-corrected chi connectivity index (χ0v) is 16.7. The number of benzene rings is 1.